The molecule has 0 heterocycles. The molecule has 0 spiro atoms. The summed E-state index contributed by atoms with van der Waals surface area (Å²) >= 11 is 0. The van der Waals surface area contributed by atoms with Gasteiger partial charge in [0.2, 0.25) is 5.91 Å². The van der Waals surface area contributed by atoms with E-state index in [1.165, 1.54) is 0 Å². The average Bonchev–Trinajstić information content (AvgIpc) is 2.35. The lowest BCUT2D eigenvalue weighted by Crippen LogP contribution is -2.48. The first-order chi connectivity index (χ1) is 8.45. The third kappa shape index (κ3) is 3.58. The summed E-state index contributed by atoms with van der Waals surface area (Å²) in [6, 6.07) is 6.57. The van der Waals surface area contributed by atoms with Gasteiger partial charge in [-0.15, -0.1) is 0 Å². The van der Waals surface area contributed by atoms with Crippen LogP contribution >= 0.6 is 0 Å². The second-order valence-electron chi connectivity index (χ2n) is 4.61. The summed E-state index contributed by atoms with van der Waals surface area (Å²) in [4.78, 5) is 23.3. The van der Waals surface area contributed by atoms with E-state index in [1.54, 1.807) is 12.1 Å². The molecule has 2 atom stereocenters. The van der Waals surface area contributed by atoms with Crippen molar-refractivity contribution in [2.75, 3.05) is 0 Å². The molecule has 0 aliphatic heterocycles. The smallest absolute Gasteiger partial charge is 0.251 e. The maximum atomic E-state index is 12.0. The minimum absolute atomic E-state index is 0.0249. The van der Waals surface area contributed by atoms with Gasteiger partial charge in [0.05, 0.1) is 0 Å². The van der Waals surface area contributed by atoms with Crippen LogP contribution in [0.5, 0.6) is 0 Å². The van der Waals surface area contributed by atoms with Gasteiger partial charge in [0, 0.05) is 5.56 Å². The molecule has 2 amide bonds. The molecule has 4 heteroatoms. The van der Waals surface area contributed by atoms with Crippen LogP contribution in [0, 0.1) is 12.8 Å². The summed E-state index contributed by atoms with van der Waals surface area (Å²) in [6.07, 6.45) is 0.780. The molecule has 1 aromatic carbocycles. The quantitative estimate of drug-likeness (QED) is 0.831. The van der Waals surface area contributed by atoms with E-state index < -0.39 is 11.9 Å². The fraction of sp³-hybridized carbons (Fsp3) is 0.429. The molecule has 18 heavy (non-hydrogen) atoms. The number of benzene rings is 1. The normalized spacial score (nSPS) is 13.7. The van der Waals surface area contributed by atoms with Crippen molar-refractivity contribution in [3.63, 3.8) is 0 Å². The summed E-state index contributed by atoms with van der Waals surface area (Å²) < 4.78 is 0. The molecule has 1 rings (SSSR count). The molecule has 0 radical (unpaired) electrons. The minimum atomic E-state index is -0.621. The molecule has 0 aromatic heterocycles. The van der Waals surface area contributed by atoms with Crippen molar-refractivity contribution in [1.29, 1.82) is 0 Å². The number of aryl methyl sites for hydroxylation is 1. The van der Waals surface area contributed by atoms with Gasteiger partial charge in [-0.2, -0.15) is 0 Å². The molecule has 0 aliphatic rings. The van der Waals surface area contributed by atoms with Crippen molar-refractivity contribution >= 4 is 11.8 Å². The Morgan fingerprint density at radius 2 is 1.83 bits per heavy atom. The second-order valence-corrected chi connectivity index (χ2v) is 4.61. The predicted octanol–water partition coefficient (Wildman–Crippen LogP) is 1.62. The van der Waals surface area contributed by atoms with E-state index in [2.05, 4.69) is 5.32 Å². The Bertz CT molecular complexity index is 426. The third-order valence-corrected chi connectivity index (χ3v) is 3.12. The summed E-state index contributed by atoms with van der Waals surface area (Å²) in [5, 5.41) is 2.69. The van der Waals surface area contributed by atoms with E-state index in [9.17, 15) is 9.59 Å². The van der Waals surface area contributed by atoms with E-state index in [1.807, 2.05) is 32.9 Å². The van der Waals surface area contributed by atoms with Crippen LogP contribution in [0.3, 0.4) is 0 Å². The summed E-state index contributed by atoms with van der Waals surface area (Å²) in [5.41, 5.74) is 6.93. The van der Waals surface area contributed by atoms with Gasteiger partial charge in [-0.25, -0.2) is 0 Å². The van der Waals surface area contributed by atoms with Gasteiger partial charge in [0.25, 0.3) is 5.91 Å². The second kappa shape index (κ2) is 6.19. The predicted molar refractivity (Wildman–Crippen MR) is 71.1 cm³/mol. The summed E-state index contributed by atoms with van der Waals surface area (Å²) in [6.45, 7) is 5.80. The first-order valence-corrected chi connectivity index (χ1v) is 6.12. The van der Waals surface area contributed by atoms with Gasteiger partial charge in [-0.05, 0) is 25.0 Å². The van der Waals surface area contributed by atoms with E-state index in [4.69, 9.17) is 5.73 Å². The van der Waals surface area contributed by atoms with Gasteiger partial charge in [-0.1, -0.05) is 38.0 Å². The number of primary amides is 1. The Labute approximate surface area is 108 Å². The maximum Gasteiger partial charge on any atom is 0.251 e. The number of carbonyl (C=O) groups is 2. The van der Waals surface area contributed by atoms with E-state index in [0.717, 1.165) is 12.0 Å². The van der Waals surface area contributed by atoms with Gasteiger partial charge < -0.3 is 11.1 Å². The molecule has 4 nitrogen and oxygen atoms in total. The van der Waals surface area contributed by atoms with Crippen LogP contribution in [-0.4, -0.2) is 17.9 Å². The number of rotatable bonds is 5. The third-order valence-electron chi connectivity index (χ3n) is 3.12. The molecular weight excluding hydrogens is 228 g/mol. The molecule has 0 saturated carbocycles. The van der Waals surface area contributed by atoms with Crippen LogP contribution < -0.4 is 11.1 Å². The molecular formula is C14H20N2O2. The summed E-state index contributed by atoms with van der Waals surface area (Å²) in [7, 11) is 0. The topological polar surface area (TPSA) is 72.2 Å². The van der Waals surface area contributed by atoms with Crippen molar-refractivity contribution in [2.45, 2.75) is 33.2 Å². The Kier molecular flexibility index (Phi) is 4.89. The van der Waals surface area contributed by atoms with Crippen LogP contribution in [-0.2, 0) is 4.79 Å². The van der Waals surface area contributed by atoms with Crippen molar-refractivity contribution in [3.05, 3.63) is 35.4 Å². The zero-order valence-corrected chi connectivity index (χ0v) is 11.1. The Balaban J connectivity index is 2.78. The number of hydrogen-bond donors (Lipinski definition) is 2. The van der Waals surface area contributed by atoms with Crippen LogP contribution in [0.1, 0.15) is 36.2 Å². The van der Waals surface area contributed by atoms with Gasteiger partial charge in [-0.3, -0.25) is 9.59 Å². The Hall–Kier alpha value is -1.84. The van der Waals surface area contributed by atoms with Crippen LogP contribution in [0.15, 0.2) is 24.3 Å². The number of amides is 2. The van der Waals surface area contributed by atoms with Crippen molar-refractivity contribution in [3.8, 4) is 0 Å². The highest BCUT2D eigenvalue weighted by Crippen LogP contribution is 2.09. The number of nitrogens with two attached hydrogens (primary N) is 1. The maximum absolute atomic E-state index is 12.0. The standard InChI is InChI=1S/C14H20N2O2/c1-4-10(3)12(13(15)17)16-14(18)11-7-5-9(2)6-8-11/h5-8,10,12H,4H2,1-3H3,(H2,15,17)(H,16,18)/t10-,12-/m1/s1. The van der Waals surface area contributed by atoms with E-state index in [0.29, 0.717) is 5.56 Å². The molecule has 0 unspecified atom stereocenters. The number of carbonyl (C=O) groups excluding carboxylic acids is 2. The molecule has 98 valence electrons. The lowest BCUT2D eigenvalue weighted by molar-refractivity contribution is -0.120. The molecule has 0 fully saturated rings. The largest absolute Gasteiger partial charge is 0.368 e. The van der Waals surface area contributed by atoms with Gasteiger partial charge in [0.15, 0.2) is 0 Å². The highest BCUT2D eigenvalue weighted by molar-refractivity contribution is 5.97. The van der Waals surface area contributed by atoms with Crippen molar-refractivity contribution in [1.82, 2.24) is 5.32 Å². The van der Waals surface area contributed by atoms with Gasteiger partial charge >= 0.3 is 0 Å². The average molecular weight is 248 g/mol. The van der Waals surface area contributed by atoms with Crippen LogP contribution in [0.4, 0.5) is 0 Å². The monoisotopic (exact) mass is 248 g/mol. The first-order valence-electron chi connectivity index (χ1n) is 6.12. The zero-order valence-electron chi connectivity index (χ0n) is 11.1. The van der Waals surface area contributed by atoms with Crippen molar-refractivity contribution < 1.29 is 9.59 Å². The van der Waals surface area contributed by atoms with Crippen molar-refractivity contribution in [2.24, 2.45) is 11.7 Å². The highest BCUT2D eigenvalue weighted by Gasteiger charge is 2.23. The number of hydrogen-bond acceptors (Lipinski definition) is 2. The lowest BCUT2D eigenvalue weighted by atomic mass is 9.98. The summed E-state index contributed by atoms with van der Waals surface area (Å²) in [5.74, 6) is -0.735. The lowest BCUT2D eigenvalue weighted by Gasteiger charge is -2.21. The fourth-order valence-corrected chi connectivity index (χ4v) is 1.66. The molecule has 3 N–H and O–H groups in total. The fourth-order valence-electron chi connectivity index (χ4n) is 1.66. The Morgan fingerprint density at radius 3 is 2.28 bits per heavy atom. The zero-order chi connectivity index (χ0) is 13.7. The van der Waals surface area contributed by atoms with E-state index >= 15 is 0 Å². The minimum Gasteiger partial charge on any atom is -0.368 e. The Morgan fingerprint density at radius 1 is 1.28 bits per heavy atom. The molecule has 0 bridgehead atoms. The molecule has 0 aliphatic carbocycles. The molecule has 0 saturated heterocycles. The van der Waals surface area contributed by atoms with Crippen LogP contribution in [0.2, 0.25) is 0 Å². The van der Waals surface area contributed by atoms with Gasteiger partial charge in [0.1, 0.15) is 6.04 Å². The first kappa shape index (κ1) is 14.2. The highest BCUT2D eigenvalue weighted by atomic mass is 16.2. The number of nitrogens with one attached hydrogen (secondary N) is 1. The van der Waals surface area contributed by atoms with Crippen LogP contribution in [0.25, 0.3) is 0 Å². The SMILES string of the molecule is CC[C@@H](C)[C@@H](NC(=O)c1ccc(C)cc1)C(N)=O. The molecule has 1 aromatic rings. The van der Waals surface area contributed by atoms with E-state index in [-0.39, 0.29) is 11.8 Å².